The van der Waals surface area contributed by atoms with Gasteiger partial charge in [0.25, 0.3) is 0 Å². The highest BCUT2D eigenvalue weighted by atomic mass is 35.5. The number of hydrogen-bond donors (Lipinski definition) is 1. The van der Waals surface area contributed by atoms with Crippen LogP contribution < -0.4 is 0 Å². The summed E-state index contributed by atoms with van der Waals surface area (Å²) < 4.78 is 15.5. The maximum Gasteiger partial charge on any atom is 0.309 e. The van der Waals surface area contributed by atoms with Gasteiger partial charge in [-0.3, -0.25) is 4.79 Å². The third kappa shape index (κ3) is 5.42. The molecule has 1 heterocycles. The third-order valence-corrected chi connectivity index (χ3v) is 8.19. The summed E-state index contributed by atoms with van der Waals surface area (Å²) in [7, 11) is 0. The molecule has 1 atom stereocenters. The molecule has 0 aliphatic rings. The fraction of sp³-hybridized carbons (Fsp3) is 0.444. The Balaban J connectivity index is 2.36. The Hall–Kier alpha value is -1.95. The van der Waals surface area contributed by atoms with Crippen molar-refractivity contribution in [2.24, 2.45) is 5.41 Å². The highest BCUT2D eigenvalue weighted by Crippen LogP contribution is 2.40. The van der Waals surface area contributed by atoms with E-state index >= 15 is 0 Å². The van der Waals surface area contributed by atoms with Crippen LogP contribution in [-0.2, 0) is 28.9 Å². The third-order valence-electron chi connectivity index (χ3n) is 5.99. The SMILES string of the molecule is CC(C)c1ccc2c(c1)c([S+]([O-])C(C)(C)C)c(CC(C)(C)C(=O)O)n2Cc1ccc(Cl)cc1. The van der Waals surface area contributed by atoms with E-state index in [2.05, 4.69) is 36.6 Å². The highest BCUT2D eigenvalue weighted by molar-refractivity contribution is 7.93. The highest BCUT2D eigenvalue weighted by Gasteiger charge is 2.39. The maximum absolute atomic E-state index is 13.9. The van der Waals surface area contributed by atoms with Crippen molar-refractivity contribution in [1.29, 1.82) is 0 Å². The van der Waals surface area contributed by atoms with Gasteiger partial charge in [-0.1, -0.05) is 43.6 Å². The van der Waals surface area contributed by atoms with Crippen LogP contribution in [-0.4, -0.2) is 24.9 Å². The summed E-state index contributed by atoms with van der Waals surface area (Å²) in [6.07, 6.45) is 0.277. The van der Waals surface area contributed by atoms with Crippen LogP contribution in [0.1, 0.15) is 71.2 Å². The molecule has 33 heavy (non-hydrogen) atoms. The van der Waals surface area contributed by atoms with Crippen LogP contribution in [0.4, 0.5) is 0 Å². The summed E-state index contributed by atoms with van der Waals surface area (Å²) in [6, 6.07) is 14.0. The summed E-state index contributed by atoms with van der Waals surface area (Å²) in [5.74, 6) is -0.551. The lowest BCUT2D eigenvalue weighted by Crippen LogP contribution is -2.32. The predicted molar refractivity (Wildman–Crippen MR) is 138 cm³/mol. The number of carbonyl (C=O) groups is 1. The second-order valence-corrected chi connectivity index (χ2v) is 13.3. The van der Waals surface area contributed by atoms with Crippen molar-refractivity contribution >= 4 is 39.6 Å². The second kappa shape index (κ2) is 9.36. The van der Waals surface area contributed by atoms with Gasteiger partial charge >= 0.3 is 5.97 Å². The Morgan fingerprint density at radius 2 is 1.70 bits per heavy atom. The molecule has 178 valence electrons. The van der Waals surface area contributed by atoms with Gasteiger partial charge in [-0.25, -0.2) is 0 Å². The van der Waals surface area contributed by atoms with Gasteiger partial charge in [-0.15, -0.1) is 0 Å². The maximum atomic E-state index is 13.9. The van der Waals surface area contributed by atoms with E-state index in [0.29, 0.717) is 17.5 Å². The van der Waals surface area contributed by atoms with Crippen LogP contribution >= 0.6 is 11.6 Å². The van der Waals surface area contributed by atoms with Crippen molar-refractivity contribution in [3.05, 3.63) is 64.3 Å². The number of carboxylic acids is 1. The van der Waals surface area contributed by atoms with E-state index in [1.54, 1.807) is 13.8 Å². The minimum Gasteiger partial charge on any atom is -0.611 e. The molecule has 4 nitrogen and oxygen atoms in total. The van der Waals surface area contributed by atoms with E-state index in [-0.39, 0.29) is 6.42 Å². The fourth-order valence-electron chi connectivity index (χ4n) is 3.89. The van der Waals surface area contributed by atoms with Crippen LogP contribution in [0, 0.1) is 5.41 Å². The quantitative estimate of drug-likeness (QED) is 0.364. The molecule has 1 aromatic heterocycles. The molecule has 3 aromatic rings. The number of halogens is 1. The molecule has 0 aliphatic carbocycles. The molecule has 0 aliphatic heterocycles. The first-order chi connectivity index (χ1) is 15.2. The molecule has 6 heteroatoms. The van der Waals surface area contributed by atoms with Crippen molar-refractivity contribution < 1.29 is 14.5 Å². The normalized spacial score (nSPS) is 13.6. The average Bonchev–Trinajstić information content (AvgIpc) is 2.99. The summed E-state index contributed by atoms with van der Waals surface area (Å²) in [5.41, 5.74) is 3.00. The molecule has 0 fully saturated rings. The number of nitrogens with zero attached hydrogens (tertiary/aromatic N) is 1. The smallest absolute Gasteiger partial charge is 0.309 e. The lowest BCUT2D eigenvalue weighted by Gasteiger charge is -2.27. The zero-order chi connectivity index (χ0) is 24.7. The Bertz CT molecular complexity index is 1160. The van der Waals surface area contributed by atoms with Crippen molar-refractivity contribution in [3.8, 4) is 0 Å². The van der Waals surface area contributed by atoms with Crippen molar-refractivity contribution in [1.82, 2.24) is 4.57 Å². The molecule has 0 radical (unpaired) electrons. The zero-order valence-electron chi connectivity index (χ0n) is 20.5. The molecule has 0 bridgehead atoms. The second-order valence-electron chi connectivity index (χ2n) is 10.7. The van der Waals surface area contributed by atoms with Gasteiger partial charge in [0.15, 0.2) is 4.90 Å². The first-order valence-electron chi connectivity index (χ1n) is 11.3. The first kappa shape index (κ1) is 25.7. The van der Waals surface area contributed by atoms with Gasteiger partial charge in [0.1, 0.15) is 4.75 Å². The number of aliphatic carboxylic acids is 1. The van der Waals surface area contributed by atoms with Crippen LogP contribution in [0.2, 0.25) is 5.02 Å². The molecule has 1 N–H and O–H groups in total. The van der Waals surface area contributed by atoms with Crippen LogP contribution in [0.15, 0.2) is 47.4 Å². The van der Waals surface area contributed by atoms with E-state index in [1.807, 2.05) is 45.0 Å². The molecule has 1 unspecified atom stereocenters. The minimum atomic E-state index is -1.33. The molecule has 0 spiro atoms. The van der Waals surface area contributed by atoms with E-state index in [1.165, 1.54) is 5.56 Å². The molecular formula is C27H34ClNO3S. The molecule has 0 saturated carbocycles. The molecular weight excluding hydrogens is 454 g/mol. The molecule has 0 amide bonds. The van der Waals surface area contributed by atoms with Gasteiger partial charge in [0.05, 0.1) is 22.0 Å². The van der Waals surface area contributed by atoms with Crippen molar-refractivity contribution in [2.75, 3.05) is 0 Å². The number of aromatic nitrogens is 1. The zero-order valence-corrected chi connectivity index (χ0v) is 22.1. The van der Waals surface area contributed by atoms with Gasteiger partial charge in [-0.05, 0) is 87.1 Å². The Kier molecular flexibility index (Phi) is 7.28. The van der Waals surface area contributed by atoms with Crippen LogP contribution in [0.25, 0.3) is 10.9 Å². The predicted octanol–water partition coefficient (Wildman–Crippen LogP) is 7.03. The average molecular weight is 488 g/mol. The van der Waals surface area contributed by atoms with E-state index in [9.17, 15) is 14.5 Å². The van der Waals surface area contributed by atoms with E-state index in [0.717, 1.165) is 27.1 Å². The fourth-order valence-corrected chi connectivity index (χ4v) is 5.39. The lowest BCUT2D eigenvalue weighted by molar-refractivity contribution is -0.146. The number of carboxylic acid groups (broad SMARTS) is 1. The van der Waals surface area contributed by atoms with Gasteiger partial charge in [0, 0.05) is 18.0 Å². The summed E-state index contributed by atoms with van der Waals surface area (Å²) in [5, 5.41) is 11.5. The van der Waals surface area contributed by atoms with Crippen LogP contribution in [0.3, 0.4) is 0 Å². The molecule has 2 aromatic carbocycles. The Morgan fingerprint density at radius 1 is 1.09 bits per heavy atom. The minimum absolute atomic E-state index is 0.277. The summed E-state index contributed by atoms with van der Waals surface area (Å²) in [4.78, 5) is 12.8. The lowest BCUT2D eigenvalue weighted by atomic mass is 9.88. The number of fused-ring (bicyclic) bond motifs is 1. The van der Waals surface area contributed by atoms with Gasteiger partial charge < -0.3 is 14.2 Å². The number of rotatable bonds is 7. The summed E-state index contributed by atoms with van der Waals surface area (Å²) >= 11 is 4.76. The monoisotopic (exact) mass is 487 g/mol. The van der Waals surface area contributed by atoms with Crippen molar-refractivity contribution in [3.63, 3.8) is 0 Å². The molecule has 3 rings (SSSR count). The van der Waals surface area contributed by atoms with Crippen molar-refractivity contribution in [2.45, 2.75) is 77.0 Å². The summed E-state index contributed by atoms with van der Waals surface area (Å²) in [6.45, 7) is 14.2. The molecule has 0 saturated heterocycles. The van der Waals surface area contributed by atoms with E-state index in [4.69, 9.17) is 11.6 Å². The Morgan fingerprint density at radius 3 is 2.21 bits per heavy atom. The number of benzene rings is 2. The first-order valence-corrected chi connectivity index (χ1v) is 12.8. The van der Waals surface area contributed by atoms with Gasteiger partial charge in [0.2, 0.25) is 0 Å². The largest absolute Gasteiger partial charge is 0.611 e. The van der Waals surface area contributed by atoms with Gasteiger partial charge in [-0.2, -0.15) is 0 Å². The number of hydrogen-bond acceptors (Lipinski definition) is 2. The standard InChI is InChI=1S/C27H34ClNO3S/c1-17(2)19-10-13-22-21(14-19)24(33(32)26(3,4)5)23(15-27(6,7)25(30)31)29(22)16-18-8-11-20(28)12-9-18/h8-14,17H,15-16H2,1-7H3,(H,30,31). The van der Waals surface area contributed by atoms with Crippen LogP contribution in [0.5, 0.6) is 0 Å². The Labute approximate surface area is 205 Å². The topological polar surface area (TPSA) is 65.3 Å². The van der Waals surface area contributed by atoms with E-state index < -0.39 is 27.3 Å².